The van der Waals surface area contributed by atoms with Crippen LogP contribution in [0.5, 0.6) is 5.75 Å². The van der Waals surface area contributed by atoms with Gasteiger partial charge >= 0.3 is 0 Å². The summed E-state index contributed by atoms with van der Waals surface area (Å²) in [6, 6.07) is 0.368. The highest BCUT2D eigenvalue weighted by atomic mass is 16.5. The molecule has 2 N–H and O–H groups in total. The number of H-pyrrole nitrogens is 1. The Morgan fingerprint density at radius 2 is 2.44 bits per heavy atom. The highest BCUT2D eigenvalue weighted by Crippen LogP contribution is 2.27. The van der Waals surface area contributed by atoms with Crippen molar-refractivity contribution in [2.24, 2.45) is 0 Å². The molecule has 2 heterocycles. The van der Waals surface area contributed by atoms with Gasteiger partial charge in [-0.3, -0.25) is 4.79 Å². The lowest BCUT2D eigenvalue weighted by Crippen LogP contribution is -2.46. The zero-order valence-corrected chi connectivity index (χ0v) is 10.9. The van der Waals surface area contributed by atoms with Gasteiger partial charge in [-0.25, -0.2) is 4.98 Å². The molecule has 0 saturated carbocycles. The monoisotopic (exact) mass is 252 g/mol. The molecule has 1 aliphatic heterocycles. The molecule has 1 aliphatic rings. The Kier molecular flexibility index (Phi) is 4.19. The number of nitrogens with one attached hydrogen (secondary N) is 2. The molecule has 6 heteroatoms. The molecule has 0 aromatic carbocycles. The first kappa shape index (κ1) is 12.9. The van der Waals surface area contributed by atoms with Crippen molar-refractivity contribution in [2.45, 2.75) is 25.3 Å². The first-order chi connectivity index (χ1) is 8.77. The molecule has 1 aromatic rings. The van der Waals surface area contributed by atoms with E-state index >= 15 is 0 Å². The van der Waals surface area contributed by atoms with Crippen LogP contribution in [-0.4, -0.2) is 43.3 Å². The van der Waals surface area contributed by atoms with Gasteiger partial charge in [0.25, 0.3) is 5.56 Å². The highest BCUT2D eigenvalue weighted by molar-refractivity contribution is 5.51. The molecule has 1 fully saturated rings. The molecule has 100 valence electrons. The zero-order valence-electron chi connectivity index (χ0n) is 10.9. The first-order valence-electron chi connectivity index (χ1n) is 6.31. The van der Waals surface area contributed by atoms with Crippen LogP contribution in [0.3, 0.4) is 0 Å². The third-order valence-corrected chi connectivity index (χ3v) is 3.33. The number of rotatable bonds is 4. The van der Waals surface area contributed by atoms with Gasteiger partial charge in [-0.05, 0) is 26.3 Å². The molecule has 0 bridgehead atoms. The second-order valence-corrected chi connectivity index (χ2v) is 4.49. The van der Waals surface area contributed by atoms with E-state index in [4.69, 9.17) is 4.74 Å². The Hall–Kier alpha value is -1.56. The fraction of sp³-hybridized carbons (Fsp3) is 0.667. The number of aromatic amines is 1. The van der Waals surface area contributed by atoms with Crippen LogP contribution in [0.2, 0.25) is 0 Å². The SMILES string of the molecule is CNCC1CCCCN1c1nc[nH]c(=O)c1OC. The van der Waals surface area contributed by atoms with Crippen LogP contribution in [0.15, 0.2) is 11.1 Å². The van der Waals surface area contributed by atoms with Gasteiger partial charge < -0.3 is 19.9 Å². The zero-order chi connectivity index (χ0) is 13.0. The Morgan fingerprint density at radius 3 is 3.17 bits per heavy atom. The summed E-state index contributed by atoms with van der Waals surface area (Å²) < 4.78 is 5.19. The third-order valence-electron chi connectivity index (χ3n) is 3.33. The molecule has 18 heavy (non-hydrogen) atoms. The van der Waals surface area contributed by atoms with E-state index in [-0.39, 0.29) is 5.56 Å². The Labute approximate surface area is 106 Å². The van der Waals surface area contributed by atoms with E-state index in [1.807, 2.05) is 7.05 Å². The van der Waals surface area contributed by atoms with Crippen molar-refractivity contribution in [3.63, 3.8) is 0 Å². The van der Waals surface area contributed by atoms with E-state index in [2.05, 4.69) is 20.2 Å². The van der Waals surface area contributed by atoms with Gasteiger partial charge in [-0.1, -0.05) is 0 Å². The van der Waals surface area contributed by atoms with Gasteiger partial charge in [0.1, 0.15) is 0 Å². The number of ether oxygens (including phenoxy) is 1. The van der Waals surface area contributed by atoms with Gasteiger partial charge in [-0.15, -0.1) is 0 Å². The maximum atomic E-state index is 11.7. The quantitative estimate of drug-likeness (QED) is 0.809. The average molecular weight is 252 g/mol. The number of methoxy groups -OCH3 is 1. The van der Waals surface area contributed by atoms with Crippen molar-refractivity contribution in [3.8, 4) is 5.75 Å². The van der Waals surface area contributed by atoms with Gasteiger partial charge in [0.15, 0.2) is 5.82 Å². The van der Waals surface area contributed by atoms with Crippen molar-refractivity contribution in [1.82, 2.24) is 15.3 Å². The average Bonchev–Trinajstić information content (AvgIpc) is 2.39. The summed E-state index contributed by atoms with van der Waals surface area (Å²) >= 11 is 0. The maximum absolute atomic E-state index is 11.7. The summed E-state index contributed by atoms with van der Waals surface area (Å²) in [6.45, 7) is 1.80. The summed E-state index contributed by atoms with van der Waals surface area (Å²) in [5.41, 5.74) is -0.226. The summed E-state index contributed by atoms with van der Waals surface area (Å²) in [4.78, 5) is 20.7. The van der Waals surface area contributed by atoms with Crippen molar-refractivity contribution in [2.75, 3.05) is 32.1 Å². The Morgan fingerprint density at radius 1 is 1.61 bits per heavy atom. The number of anilines is 1. The summed E-state index contributed by atoms with van der Waals surface area (Å²) in [6.07, 6.45) is 4.88. The van der Waals surface area contributed by atoms with Crippen LogP contribution in [0, 0.1) is 0 Å². The van der Waals surface area contributed by atoms with Crippen molar-refractivity contribution in [1.29, 1.82) is 0 Å². The number of nitrogens with zero attached hydrogens (tertiary/aromatic N) is 2. The predicted molar refractivity (Wildman–Crippen MR) is 70.3 cm³/mol. The molecule has 0 amide bonds. The van der Waals surface area contributed by atoms with E-state index in [0.717, 1.165) is 25.9 Å². The van der Waals surface area contributed by atoms with Crippen molar-refractivity contribution in [3.05, 3.63) is 16.7 Å². The predicted octanol–water partition coefficient (Wildman–Crippen LogP) is 0.357. The molecule has 0 aliphatic carbocycles. The van der Waals surface area contributed by atoms with Crippen LogP contribution in [0.1, 0.15) is 19.3 Å². The second kappa shape index (κ2) is 5.86. The Bertz CT molecular complexity index is 444. The summed E-state index contributed by atoms with van der Waals surface area (Å²) in [7, 11) is 3.45. The van der Waals surface area contributed by atoms with E-state index < -0.39 is 0 Å². The van der Waals surface area contributed by atoms with Gasteiger partial charge in [0, 0.05) is 19.1 Å². The minimum atomic E-state index is -0.226. The Balaban J connectivity index is 2.33. The number of piperidine rings is 1. The summed E-state index contributed by atoms with van der Waals surface area (Å²) in [5.74, 6) is 0.960. The minimum Gasteiger partial charge on any atom is -0.489 e. The van der Waals surface area contributed by atoms with Gasteiger partial charge in [-0.2, -0.15) is 0 Å². The first-order valence-corrected chi connectivity index (χ1v) is 6.31. The number of hydrogen-bond donors (Lipinski definition) is 2. The van der Waals surface area contributed by atoms with Crippen molar-refractivity contribution >= 4 is 5.82 Å². The van der Waals surface area contributed by atoms with Crippen LogP contribution in [-0.2, 0) is 0 Å². The lowest BCUT2D eigenvalue weighted by molar-refractivity contribution is 0.393. The minimum absolute atomic E-state index is 0.226. The second-order valence-electron chi connectivity index (χ2n) is 4.49. The molecule has 2 rings (SSSR count). The standard InChI is InChI=1S/C12H20N4O2/c1-13-7-9-5-3-4-6-16(9)11-10(18-2)12(17)15-8-14-11/h8-9,13H,3-7H2,1-2H3,(H,14,15,17). The molecule has 1 saturated heterocycles. The number of likely N-dealkylation sites (N-methyl/N-ethyl adjacent to an activating group) is 1. The highest BCUT2D eigenvalue weighted by Gasteiger charge is 2.26. The lowest BCUT2D eigenvalue weighted by Gasteiger charge is -2.36. The van der Waals surface area contributed by atoms with Crippen LogP contribution in [0.4, 0.5) is 5.82 Å². The molecule has 1 atom stereocenters. The van der Waals surface area contributed by atoms with Gasteiger partial charge in [0.05, 0.1) is 13.4 Å². The van der Waals surface area contributed by atoms with Crippen LogP contribution < -0.4 is 20.5 Å². The normalized spacial score (nSPS) is 19.9. The van der Waals surface area contributed by atoms with Crippen LogP contribution >= 0.6 is 0 Å². The molecule has 0 spiro atoms. The van der Waals surface area contributed by atoms with E-state index in [0.29, 0.717) is 17.6 Å². The maximum Gasteiger partial charge on any atom is 0.295 e. The van der Waals surface area contributed by atoms with E-state index in [1.54, 1.807) is 0 Å². The smallest absolute Gasteiger partial charge is 0.295 e. The molecule has 6 nitrogen and oxygen atoms in total. The third kappa shape index (κ3) is 2.48. The number of aromatic nitrogens is 2. The summed E-state index contributed by atoms with van der Waals surface area (Å²) in [5, 5.41) is 3.19. The van der Waals surface area contributed by atoms with E-state index in [1.165, 1.54) is 19.9 Å². The molecule has 1 unspecified atom stereocenters. The number of hydrogen-bond acceptors (Lipinski definition) is 5. The van der Waals surface area contributed by atoms with E-state index in [9.17, 15) is 4.79 Å². The largest absolute Gasteiger partial charge is 0.489 e. The van der Waals surface area contributed by atoms with Crippen LogP contribution in [0.25, 0.3) is 0 Å². The topological polar surface area (TPSA) is 70.2 Å². The van der Waals surface area contributed by atoms with Crippen molar-refractivity contribution < 1.29 is 4.74 Å². The molecular formula is C12H20N4O2. The molecule has 0 radical (unpaired) electrons. The fourth-order valence-electron chi connectivity index (χ4n) is 2.49. The lowest BCUT2D eigenvalue weighted by atomic mass is 10.0. The fourth-order valence-corrected chi connectivity index (χ4v) is 2.49. The van der Waals surface area contributed by atoms with Gasteiger partial charge in [0.2, 0.25) is 5.75 Å². The molecular weight excluding hydrogens is 232 g/mol. The molecule has 1 aromatic heterocycles.